The maximum Gasteiger partial charge on any atom is 0.260 e. The maximum absolute atomic E-state index is 14.3. The van der Waals surface area contributed by atoms with Crippen LogP contribution in [0.2, 0.25) is 0 Å². The van der Waals surface area contributed by atoms with Gasteiger partial charge in [0.25, 0.3) is 5.91 Å². The maximum atomic E-state index is 14.3. The minimum absolute atomic E-state index is 0.00309. The Hall–Kier alpha value is -8.32. The van der Waals surface area contributed by atoms with Gasteiger partial charge in [-0.15, -0.1) is 11.8 Å². The van der Waals surface area contributed by atoms with E-state index in [0.717, 1.165) is 57.6 Å². The Bertz CT molecular complexity index is 3470. The van der Waals surface area contributed by atoms with Crippen LogP contribution < -0.4 is 40.0 Å². The number of thioether (sulfide) groups is 1. The summed E-state index contributed by atoms with van der Waals surface area (Å²) >= 11 is 1.35. The van der Waals surface area contributed by atoms with Crippen molar-refractivity contribution < 1.29 is 57.1 Å². The SMILES string of the molecule is COc1cc2c(cc1OCc1cc(COc3cc4c(cc3C)C(=O)N3c5ccccc5C[C@@H]3CN4)cc(CSC3CC(=O)N(CCCC(=O)CCC(=O)NCC(=O)CCC(=O)NCCC(C)C)C3=O)c1)[N+](C)=[C-][C@@H]1Cc3ccccc3N1C2=O. The molecule has 5 aliphatic rings. The summed E-state index contributed by atoms with van der Waals surface area (Å²) in [5.74, 6) is 0.201. The molecule has 5 aliphatic heterocycles. The molecule has 0 aliphatic carbocycles. The lowest BCUT2D eigenvalue weighted by molar-refractivity contribution is -0.401. The van der Waals surface area contributed by atoms with Crippen molar-refractivity contribution in [1.29, 1.82) is 0 Å². The third kappa shape index (κ3) is 13.4. The average Bonchev–Trinajstić information content (AvgIpc) is 4.31. The first-order valence-electron chi connectivity index (χ1n) is 28.8. The molecule has 3 N–H and O–H groups in total. The number of amides is 6. The molecular weight excluding hydrogens is 1090 g/mol. The van der Waals surface area contributed by atoms with E-state index in [1.165, 1.54) is 23.8 Å². The number of nitrogens with one attached hydrogen (secondary N) is 3. The number of nitrogens with zero attached hydrogens (tertiary/aromatic N) is 4. The van der Waals surface area contributed by atoms with E-state index in [4.69, 9.17) is 14.2 Å². The van der Waals surface area contributed by atoms with E-state index in [9.17, 15) is 38.4 Å². The summed E-state index contributed by atoms with van der Waals surface area (Å²) in [5, 5.41) is 8.18. The Morgan fingerprint density at radius 1 is 0.726 bits per heavy atom. The lowest BCUT2D eigenvalue weighted by atomic mass is 10.1. The van der Waals surface area contributed by atoms with Crippen molar-refractivity contribution in [1.82, 2.24) is 15.5 Å². The van der Waals surface area contributed by atoms with Gasteiger partial charge >= 0.3 is 0 Å². The van der Waals surface area contributed by atoms with E-state index in [0.29, 0.717) is 70.9 Å². The van der Waals surface area contributed by atoms with Gasteiger partial charge in [-0.3, -0.25) is 43.3 Å². The second-order valence-corrected chi connectivity index (χ2v) is 23.7. The number of hydrogen-bond acceptors (Lipinski definition) is 13. The number of carbonyl (C=O) groups is 8. The minimum Gasteiger partial charge on any atom is -0.493 e. The van der Waals surface area contributed by atoms with Gasteiger partial charge in [0, 0.05) is 99.2 Å². The molecule has 18 nitrogen and oxygen atoms in total. The highest BCUT2D eigenvalue weighted by Crippen LogP contribution is 2.42. The van der Waals surface area contributed by atoms with Crippen molar-refractivity contribution >= 4 is 87.7 Å². The number of aryl methyl sites for hydroxylation is 1. The quantitative estimate of drug-likeness (QED) is 0.0287. The van der Waals surface area contributed by atoms with E-state index in [-0.39, 0.29) is 124 Å². The van der Waals surface area contributed by atoms with Crippen molar-refractivity contribution in [2.45, 2.75) is 121 Å². The van der Waals surface area contributed by atoms with Crippen molar-refractivity contribution in [2.24, 2.45) is 5.92 Å². The second-order valence-electron chi connectivity index (χ2n) is 22.6. The van der Waals surface area contributed by atoms with Gasteiger partial charge in [-0.1, -0.05) is 62.4 Å². The molecule has 6 amide bonds. The summed E-state index contributed by atoms with van der Waals surface area (Å²) in [4.78, 5) is 110. The summed E-state index contributed by atoms with van der Waals surface area (Å²) in [6, 6.07) is 28.9. The lowest BCUT2D eigenvalue weighted by Gasteiger charge is -2.23. The summed E-state index contributed by atoms with van der Waals surface area (Å²) in [6.45, 7) is 7.25. The third-order valence-corrected chi connectivity index (χ3v) is 17.2. The normalized spacial score (nSPS) is 17.5. The molecule has 1 saturated heterocycles. The largest absolute Gasteiger partial charge is 0.493 e. The fourth-order valence-corrected chi connectivity index (χ4v) is 12.6. The lowest BCUT2D eigenvalue weighted by Crippen LogP contribution is -2.39. The first-order chi connectivity index (χ1) is 40.5. The summed E-state index contributed by atoms with van der Waals surface area (Å²) < 4.78 is 20.8. The smallest absolute Gasteiger partial charge is 0.260 e. The zero-order chi connectivity index (χ0) is 59.2. The molecule has 0 radical (unpaired) electrons. The number of benzene rings is 5. The highest BCUT2D eigenvalue weighted by atomic mass is 32.2. The average molecular weight is 1160 g/mol. The Labute approximate surface area is 493 Å². The number of hydrogen-bond donors (Lipinski definition) is 3. The number of para-hydroxylation sites is 2. The zero-order valence-electron chi connectivity index (χ0n) is 48.2. The summed E-state index contributed by atoms with van der Waals surface area (Å²) in [7, 11) is 3.41. The van der Waals surface area contributed by atoms with E-state index < -0.39 is 11.2 Å². The van der Waals surface area contributed by atoms with Gasteiger partial charge < -0.3 is 44.5 Å². The van der Waals surface area contributed by atoms with Crippen molar-refractivity contribution in [3.05, 3.63) is 136 Å². The molecule has 10 rings (SSSR count). The van der Waals surface area contributed by atoms with Gasteiger partial charge in [0.1, 0.15) is 37.5 Å². The number of methoxy groups -OCH3 is 1. The standard InChI is InChI=1S/C65H71N7O11S/c1-39(2)20-21-66-60(75)19-17-49(74)34-68-61(76)18-16-48(73)13-10-22-70-62(77)32-59(65(70)80)84-38-43-25-41(36-82-56-30-52-50(23-40(56)3)63(78)71-46(33-67-52)27-44-11-6-8-14-53(44)71)24-42(26-43)37-83-58-31-55-51(29-57(58)81-5)64(79)72-47(35-69(55)4)28-45-12-7-9-15-54(45)72/h6-9,11-12,14-15,23-26,29-31,39,46-47,59,67H,10,13,16-22,27-28,32-34,36-38H2,1-5H3,(H,66,75)(H,68,76)/t46-,47+,59?/m1/s1. The molecule has 5 aromatic carbocycles. The van der Waals surface area contributed by atoms with Crippen LogP contribution in [-0.2, 0) is 60.6 Å². The van der Waals surface area contributed by atoms with E-state index in [2.05, 4.69) is 42.1 Å². The number of anilines is 3. The Morgan fingerprint density at radius 2 is 1.38 bits per heavy atom. The van der Waals surface area contributed by atoms with Crippen LogP contribution in [0.15, 0.2) is 91.0 Å². The van der Waals surface area contributed by atoms with E-state index >= 15 is 0 Å². The summed E-state index contributed by atoms with van der Waals surface area (Å²) in [6.07, 6.45) is 5.94. The molecule has 5 aromatic rings. The van der Waals surface area contributed by atoms with E-state index in [1.807, 2.05) is 96.2 Å². The highest BCUT2D eigenvalue weighted by molar-refractivity contribution is 7.99. The van der Waals surface area contributed by atoms with Crippen LogP contribution in [0.4, 0.5) is 22.7 Å². The van der Waals surface area contributed by atoms with Gasteiger partial charge in [0.05, 0.1) is 41.9 Å². The van der Waals surface area contributed by atoms with Crippen LogP contribution in [0.25, 0.3) is 0 Å². The number of carbonyl (C=O) groups excluding carboxylic acids is 8. The molecule has 3 atom stereocenters. The van der Waals surface area contributed by atoms with Gasteiger partial charge in [-0.25, -0.2) is 0 Å². The topological polar surface area (TPSA) is 213 Å². The Balaban J connectivity index is 0.784. The number of ketones is 2. The number of Topliss-reactive ketones (excluding diaryl/α,β-unsaturated/α-hetero) is 2. The molecule has 0 saturated carbocycles. The van der Waals surface area contributed by atoms with Gasteiger partial charge in [-0.05, 0) is 108 Å². The number of ether oxygens (including phenoxy) is 3. The molecule has 1 fully saturated rings. The molecule has 1 unspecified atom stereocenters. The van der Waals surface area contributed by atoms with Crippen molar-refractivity contribution in [2.75, 3.05) is 55.5 Å². The fraction of sp³-hybridized carbons (Fsp3) is 0.400. The molecule has 84 heavy (non-hydrogen) atoms. The van der Waals surface area contributed by atoms with Gasteiger partial charge in [0.2, 0.25) is 29.5 Å². The molecule has 19 heteroatoms. The molecule has 0 bridgehead atoms. The molecule has 438 valence electrons. The number of imide groups is 1. The number of rotatable bonds is 25. The van der Waals surface area contributed by atoms with E-state index in [1.54, 1.807) is 17.0 Å². The summed E-state index contributed by atoms with van der Waals surface area (Å²) in [5.41, 5.74) is 9.62. The molecular formula is C65H71N7O11S. The molecule has 0 spiro atoms. The van der Waals surface area contributed by atoms with Crippen LogP contribution in [0.1, 0.15) is 119 Å². The zero-order valence-corrected chi connectivity index (χ0v) is 49.0. The van der Waals surface area contributed by atoms with Crippen LogP contribution in [0.5, 0.6) is 17.2 Å². The fourth-order valence-electron chi connectivity index (χ4n) is 11.5. The number of fused-ring (bicyclic) bond motifs is 8. The monoisotopic (exact) mass is 1160 g/mol. The van der Waals surface area contributed by atoms with Gasteiger partial charge in [0.15, 0.2) is 11.5 Å². The molecule has 5 heterocycles. The Kier molecular flexibility index (Phi) is 18.3. The first kappa shape index (κ1) is 58.9. The van der Waals surface area contributed by atoms with Crippen LogP contribution in [0.3, 0.4) is 0 Å². The predicted molar refractivity (Wildman–Crippen MR) is 320 cm³/mol. The van der Waals surface area contributed by atoms with Crippen molar-refractivity contribution in [3.63, 3.8) is 0 Å². The second kappa shape index (κ2) is 26.1. The highest BCUT2D eigenvalue weighted by Gasteiger charge is 2.40. The molecule has 0 aromatic heterocycles. The number of likely N-dealkylation sites (tertiary alicyclic amines) is 1. The minimum atomic E-state index is -0.651. The van der Waals surface area contributed by atoms with Crippen LogP contribution in [-0.4, -0.2) is 120 Å². The first-order valence-corrected chi connectivity index (χ1v) is 29.9. The van der Waals surface area contributed by atoms with Crippen LogP contribution in [0, 0.1) is 12.8 Å². The van der Waals surface area contributed by atoms with Gasteiger partial charge in [-0.2, -0.15) is 0 Å². The Morgan fingerprint density at radius 3 is 2.11 bits per heavy atom. The van der Waals surface area contributed by atoms with Crippen molar-refractivity contribution in [3.8, 4) is 17.2 Å². The van der Waals surface area contributed by atoms with Crippen LogP contribution >= 0.6 is 11.8 Å². The third-order valence-electron chi connectivity index (χ3n) is 16.0. The predicted octanol–water partition coefficient (Wildman–Crippen LogP) is 8.08.